The zero-order valence-electron chi connectivity index (χ0n) is 10.1. The van der Waals surface area contributed by atoms with Gasteiger partial charge in [0.15, 0.2) is 0 Å². The largest absolute Gasteiger partial charge is 0.240 e. The summed E-state index contributed by atoms with van der Waals surface area (Å²) >= 11 is 2.06. The minimum Gasteiger partial charge on any atom is -0.207 e. The van der Waals surface area contributed by atoms with Crippen LogP contribution in [0.4, 0.5) is 8.78 Å². The summed E-state index contributed by atoms with van der Waals surface area (Å²) in [6, 6.07) is 9.11. The van der Waals surface area contributed by atoms with E-state index in [-0.39, 0.29) is 17.0 Å². The lowest BCUT2D eigenvalue weighted by Gasteiger charge is -2.08. The Labute approximate surface area is 129 Å². The molecule has 0 heterocycles. The van der Waals surface area contributed by atoms with Crippen LogP contribution in [0.1, 0.15) is 5.56 Å². The molecule has 2 rings (SSSR count). The standard InChI is InChI=1S/C13H10F2INO2S/c14-10-1-6-13(15)9(7-10)8-17-20(18,19)12-4-2-11(16)3-5-12/h1-7,17H,8H2. The van der Waals surface area contributed by atoms with Gasteiger partial charge in [0.05, 0.1) is 4.90 Å². The van der Waals surface area contributed by atoms with Gasteiger partial charge in [-0.1, -0.05) is 0 Å². The molecule has 0 aliphatic carbocycles. The van der Waals surface area contributed by atoms with Gasteiger partial charge in [0, 0.05) is 15.7 Å². The van der Waals surface area contributed by atoms with Crippen LogP contribution in [0.15, 0.2) is 47.4 Å². The number of benzene rings is 2. The third-order valence-electron chi connectivity index (χ3n) is 2.58. The molecule has 0 amide bonds. The summed E-state index contributed by atoms with van der Waals surface area (Å²) in [4.78, 5) is 0.0785. The lowest BCUT2D eigenvalue weighted by molar-refractivity contribution is 0.567. The minimum atomic E-state index is -3.75. The minimum absolute atomic E-state index is 0.0425. The first kappa shape index (κ1) is 15.3. The zero-order chi connectivity index (χ0) is 14.8. The molecule has 0 saturated carbocycles. The van der Waals surface area contributed by atoms with Crippen molar-refractivity contribution < 1.29 is 17.2 Å². The first-order valence-electron chi connectivity index (χ1n) is 5.58. The van der Waals surface area contributed by atoms with E-state index in [1.807, 2.05) is 0 Å². The molecule has 0 aromatic heterocycles. The Bertz CT molecular complexity index is 718. The lowest BCUT2D eigenvalue weighted by Crippen LogP contribution is -2.23. The number of hydrogen-bond donors (Lipinski definition) is 1. The molecule has 2 aromatic rings. The summed E-state index contributed by atoms with van der Waals surface area (Å²) in [6.45, 7) is -0.308. The summed E-state index contributed by atoms with van der Waals surface area (Å²) in [5.41, 5.74) is -0.0425. The van der Waals surface area contributed by atoms with Gasteiger partial charge in [0.1, 0.15) is 11.6 Å². The van der Waals surface area contributed by atoms with E-state index in [1.165, 1.54) is 12.1 Å². The van der Waals surface area contributed by atoms with Gasteiger partial charge in [-0.05, 0) is 65.1 Å². The fraction of sp³-hybridized carbons (Fsp3) is 0.0769. The van der Waals surface area contributed by atoms with Crippen LogP contribution in [0, 0.1) is 15.2 Å². The molecule has 3 nitrogen and oxygen atoms in total. The van der Waals surface area contributed by atoms with Gasteiger partial charge in [0.25, 0.3) is 0 Å². The molecule has 0 fully saturated rings. The molecule has 20 heavy (non-hydrogen) atoms. The lowest BCUT2D eigenvalue weighted by atomic mass is 10.2. The number of hydrogen-bond acceptors (Lipinski definition) is 2. The number of sulfonamides is 1. The average Bonchev–Trinajstić information content (AvgIpc) is 2.40. The fourth-order valence-corrected chi connectivity index (χ4v) is 2.91. The molecule has 0 unspecified atom stereocenters. The maximum Gasteiger partial charge on any atom is 0.240 e. The normalized spacial score (nSPS) is 11.6. The van der Waals surface area contributed by atoms with Gasteiger partial charge in [-0.3, -0.25) is 0 Å². The summed E-state index contributed by atoms with van der Waals surface area (Å²) in [5.74, 6) is -1.27. The quantitative estimate of drug-likeness (QED) is 0.790. The van der Waals surface area contributed by atoms with Crippen molar-refractivity contribution in [3.63, 3.8) is 0 Å². The molecule has 106 valence electrons. The molecule has 7 heteroatoms. The molecular weight excluding hydrogens is 399 g/mol. The molecule has 0 aliphatic heterocycles. The van der Waals surface area contributed by atoms with E-state index < -0.39 is 21.7 Å². The molecule has 0 radical (unpaired) electrons. The van der Waals surface area contributed by atoms with Crippen molar-refractivity contribution in [2.75, 3.05) is 0 Å². The van der Waals surface area contributed by atoms with Crippen molar-refractivity contribution in [1.29, 1.82) is 0 Å². The second kappa shape index (κ2) is 6.15. The smallest absolute Gasteiger partial charge is 0.207 e. The summed E-state index contributed by atoms with van der Waals surface area (Å²) in [7, 11) is -3.75. The van der Waals surface area contributed by atoms with Crippen molar-refractivity contribution in [3.05, 3.63) is 63.2 Å². The summed E-state index contributed by atoms with van der Waals surface area (Å²) in [6.07, 6.45) is 0. The van der Waals surface area contributed by atoms with Crippen LogP contribution >= 0.6 is 22.6 Å². The number of rotatable bonds is 4. The molecule has 0 aliphatic rings. The fourth-order valence-electron chi connectivity index (χ4n) is 1.55. The van der Waals surface area contributed by atoms with Crippen molar-refractivity contribution in [1.82, 2.24) is 4.72 Å². The highest BCUT2D eigenvalue weighted by molar-refractivity contribution is 14.1. The van der Waals surface area contributed by atoms with Crippen LogP contribution in [-0.2, 0) is 16.6 Å². The SMILES string of the molecule is O=S(=O)(NCc1cc(F)ccc1F)c1ccc(I)cc1. The Morgan fingerprint density at radius 1 is 1.05 bits per heavy atom. The van der Waals surface area contributed by atoms with E-state index in [0.717, 1.165) is 21.8 Å². The highest BCUT2D eigenvalue weighted by atomic mass is 127. The Morgan fingerprint density at radius 3 is 2.35 bits per heavy atom. The van der Waals surface area contributed by atoms with Gasteiger partial charge >= 0.3 is 0 Å². The first-order chi connectivity index (χ1) is 9.38. The van der Waals surface area contributed by atoms with E-state index in [0.29, 0.717) is 0 Å². The van der Waals surface area contributed by atoms with Crippen LogP contribution in [0.3, 0.4) is 0 Å². The van der Waals surface area contributed by atoms with Gasteiger partial charge < -0.3 is 0 Å². The van der Waals surface area contributed by atoms with Crippen LogP contribution in [0.2, 0.25) is 0 Å². The molecule has 0 saturated heterocycles. The predicted octanol–water partition coefficient (Wildman–Crippen LogP) is 3.05. The van der Waals surface area contributed by atoms with Crippen LogP contribution < -0.4 is 4.72 Å². The predicted molar refractivity (Wildman–Crippen MR) is 79.5 cm³/mol. The molecule has 0 atom stereocenters. The third kappa shape index (κ3) is 3.74. The number of nitrogens with one attached hydrogen (secondary N) is 1. The number of halogens is 3. The Balaban J connectivity index is 2.17. The maximum absolute atomic E-state index is 13.4. The summed E-state index contributed by atoms with van der Waals surface area (Å²) in [5, 5.41) is 0. The monoisotopic (exact) mass is 409 g/mol. The highest BCUT2D eigenvalue weighted by Gasteiger charge is 2.14. The molecule has 0 bridgehead atoms. The van der Waals surface area contributed by atoms with Crippen molar-refractivity contribution >= 4 is 32.6 Å². The second-order valence-corrected chi connectivity index (χ2v) is 7.03. The van der Waals surface area contributed by atoms with Crippen LogP contribution in [0.5, 0.6) is 0 Å². The maximum atomic E-state index is 13.4. The van der Waals surface area contributed by atoms with E-state index in [1.54, 1.807) is 12.1 Å². The van der Waals surface area contributed by atoms with Crippen molar-refractivity contribution in [3.8, 4) is 0 Å². The van der Waals surface area contributed by atoms with Crippen LogP contribution in [0.25, 0.3) is 0 Å². The van der Waals surface area contributed by atoms with Crippen LogP contribution in [-0.4, -0.2) is 8.42 Å². The zero-order valence-corrected chi connectivity index (χ0v) is 13.1. The van der Waals surface area contributed by atoms with E-state index in [9.17, 15) is 17.2 Å². The molecular formula is C13H10F2INO2S. The molecule has 0 spiro atoms. The van der Waals surface area contributed by atoms with E-state index in [4.69, 9.17) is 0 Å². The Kier molecular flexibility index (Phi) is 4.71. The van der Waals surface area contributed by atoms with Crippen molar-refractivity contribution in [2.24, 2.45) is 0 Å². The highest BCUT2D eigenvalue weighted by Crippen LogP contribution is 2.14. The first-order valence-corrected chi connectivity index (χ1v) is 8.14. The Morgan fingerprint density at radius 2 is 1.70 bits per heavy atom. The van der Waals surface area contributed by atoms with Crippen molar-refractivity contribution in [2.45, 2.75) is 11.4 Å². The van der Waals surface area contributed by atoms with Gasteiger partial charge in [-0.15, -0.1) is 0 Å². The third-order valence-corrected chi connectivity index (χ3v) is 4.72. The Hall–Kier alpha value is -1.06. The second-order valence-electron chi connectivity index (χ2n) is 4.01. The van der Waals surface area contributed by atoms with Gasteiger partial charge in [-0.2, -0.15) is 0 Å². The molecule has 1 N–H and O–H groups in total. The van der Waals surface area contributed by atoms with Gasteiger partial charge in [-0.25, -0.2) is 21.9 Å². The summed E-state index contributed by atoms with van der Waals surface area (Å²) < 4.78 is 53.5. The molecule has 2 aromatic carbocycles. The average molecular weight is 409 g/mol. The van der Waals surface area contributed by atoms with E-state index in [2.05, 4.69) is 27.3 Å². The van der Waals surface area contributed by atoms with Gasteiger partial charge in [0.2, 0.25) is 10.0 Å². The topological polar surface area (TPSA) is 46.2 Å². The van der Waals surface area contributed by atoms with E-state index >= 15 is 0 Å².